The van der Waals surface area contributed by atoms with Crippen molar-refractivity contribution >= 4 is 0 Å². The predicted octanol–water partition coefficient (Wildman–Crippen LogP) is 3.30. The largest absolute Gasteiger partial charge is 0.487 e. The molecule has 2 rings (SSSR count). The average molecular weight is 300 g/mol. The van der Waals surface area contributed by atoms with E-state index in [0.29, 0.717) is 23.6 Å². The second-order valence-corrected chi connectivity index (χ2v) is 4.58. The van der Waals surface area contributed by atoms with Crippen LogP contribution in [0.25, 0.3) is 0 Å². The highest BCUT2D eigenvalue weighted by Crippen LogP contribution is 2.37. The van der Waals surface area contributed by atoms with Gasteiger partial charge >= 0.3 is 6.18 Å². The van der Waals surface area contributed by atoms with Gasteiger partial charge in [0.25, 0.3) is 0 Å². The highest BCUT2D eigenvalue weighted by molar-refractivity contribution is 5.39. The summed E-state index contributed by atoms with van der Waals surface area (Å²) in [5, 5.41) is 6.49. The van der Waals surface area contributed by atoms with Crippen molar-refractivity contribution < 1.29 is 22.4 Å². The van der Waals surface area contributed by atoms with Crippen molar-refractivity contribution in [2.24, 2.45) is 0 Å². The summed E-state index contributed by atoms with van der Waals surface area (Å²) in [6.45, 7) is 1.97. The van der Waals surface area contributed by atoms with Crippen molar-refractivity contribution in [3.8, 4) is 5.75 Å². The lowest BCUT2D eigenvalue weighted by Crippen LogP contribution is -2.11. The summed E-state index contributed by atoms with van der Waals surface area (Å²) >= 11 is 0. The molecule has 0 fully saturated rings. The number of rotatable bonds is 5. The topological polar surface area (TPSA) is 47.3 Å². The van der Waals surface area contributed by atoms with E-state index in [1.54, 1.807) is 26.1 Å². The van der Waals surface area contributed by atoms with E-state index in [2.05, 4.69) is 10.5 Å². The van der Waals surface area contributed by atoms with Gasteiger partial charge in [0.1, 0.15) is 23.8 Å². The SMILES string of the molecule is CNCc1ccc(OCc2cc(C)on2)c(C(F)(F)F)c1. The van der Waals surface area contributed by atoms with E-state index in [4.69, 9.17) is 9.26 Å². The summed E-state index contributed by atoms with van der Waals surface area (Å²) in [5.41, 5.74) is 0.185. The molecule has 0 amide bonds. The number of aryl methyl sites for hydroxylation is 1. The molecule has 0 aliphatic rings. The second kappa shape index (κ2) is 6.17. The number of ether oxygens (including phenoxy) is 1. The summed E-state index contributed by atoms with van der Waals surface area (Å²) in [6, 6.07) is 5.61. The zero-order chi connectivity index (χ0) is 15.5. The van der Waals surface area contributed by atoms with E-state index >= 15 is 0 Å². The molecular weight excluding hydrogens is 285 g/mol. The Morgan fingerprint density at radius 1 is 1.29 bits per heavy atom. The van der Waals surface area contributed by atoms with Crippen LogP contribution in [0.5, 0.6) is 5.75 Å². The lowest BCUT2D eigenvalue weighted by Gasteiger charge is -2.14. The number of hydrogen-bond donors (Lipinski definition) is 1. The van der Waals surface area contributed by atoms with Gasteiger partial charge in [0.2, 0.25) is 0 Å². The lowest BCUT2D eigenvalue weighted by atomic mass is 10.1. The monoisotopic (exact) mass is 300 g/mol. The molecule has 4 nitrogen and oxygen atoms in total. The van der Waals surface area contributed by atoms with Crippen LogP contribution in [-0.4, -0.2) is 12.2 Å². The Morgan fingerprint density at radius 2 is 2.05 bits per heavy atom. The Morgan fingerprint density at radius 3 is 2.62 bits per heavy atom. The van der Waals surface area contributed by atoms with Gasteiger partial charge in [-0.3, -0.25) is 0 Å². The van der Waals surface area contributed by atoms with Crippen LogP contribution in [0.4, 0.5) is 13.2 Å². The summed E-state index contributed by atoms with van der Waals surface area (Å²) in [7, 11) is 1.67. The molecule has 0 radical (unpaired) electrons. The van der Waals surface area contributed by atoms with Crippen LogP contribution < -0.4 is 10.1 Å². The van der Waals surface area contributed by atoms with E-state index in [0.717, 1.165) is 6.07 Å². The maximum atomic E-state index is 13.1. The smallest absolute Gasteiger partial charge is 0.419 e. The first-order chi connectivity index (χ1) is 9.90. The first kappa shape index (κ1) is 15.4. The molecule has 1 aromatic carbocycles. The minimum Gasteiger partial charge on any atom is -0.487 e. The molecule has 0 spiro atoms. The van der Waals surface area contributed by atoms with Gasteiger partial charge in [-0.15, -0.1) is 0 Å². The standard InChI is InChI=1S/C14H15F3N2O2/c1-9-5-11(19-21-9)8-20-13-4-3-10(7-18-2)6-12(13)14(15,16)17/h3-6,18H,7-8H2,1-2H3. The molecule has 0 unspecified atom stereocenters. The quantitative estimate of drug-likeness (QED) is 0.920. The summed E-state index contributed by atoms with van der Waals surface area (Å²) in [5.74, 6) is 0.358. The van der Waals surface area contributed by atoms with E-state index in [1.807, 2.05) is 0 Å². The van der Waals surface area contributed by atoms with Crippen LogP contribution in [-0.2, 0) is 19.3 Å². The van der Waals surface area contributed by atoms with Gasteiger partial charge in [0, 0.05) is 12.6 Å². The number of nitrogens with one attached hydrogen (secondary N) is 1. The van der Waals surface area contributed by atoms with Crippen molar-refractivity contribution in [2.45, 2.75) is 26.3 Å². The van der Waals surface area contributed by atoms with Crippen LogP contribution in [0.15, 0.2) is 28.8 Å². The first-order valence-electron chi connectivity index (χ1n) is 6.30. The minimum atomic E-state index is -4.47. The van der Waals surface area contributed by atoms with Crippen LogP contribution >= 0.6 is 0 Å². The highest BCUT2D eigenvalue weighted by Gasteiger charge is 2.34. The van der Waals surface area contributed by atoms with Crippen LogP contribution in [0.3, 0.4) is 0 Å². The van der Waals surface area contributed by atoms with Crippen molar-refractivity contribution in [1.82, 2.24) is 10.5 Å². The van der Waals surface area contributed by atoms with Crippen molar-refractivity contribution in [3.05, 3.63) is 46.8 Å². The summed E-state index contributed by atoms with van der Waals surface area (Å²) < 4.78 is 49.3. The van der Waals surface area contributed by atoms with Crippen molar-refractivity contribution in [2.75, 3.05) is 7.05 Å². The van der Waals surface area contributed by atoms with Gasteiger partial charge in [-0.1, -0.05) is 11.2 Å². The fourth-order valence-corrected chi connectivity index (χ4v) is 1.88. The van der Waals surface area contributed by atoms with E-state index < -0.39 is 11.7 Å². The molecule has 0 saturated heterocycles. The van der Waals surface area contributed by atoms with Gasteiger partial charge in [-0.2, -0.15) is 13.2 Å². The fourth-order valence-electron chi connectivity index (χ4n) is 1.88. The van der Waals surface area contributed by atoms with Gasteiger partial charge in [0.05, 0.1) is 5.56 Å². The lowest BCUT2D eigenvalue weighted by molar-refractivity contribution is -0.139. The normalized spacial score (nSPS) is 11.7. The molecule has 0 aliphatic carbocycles. The average Bonchev–Trinajstić information content (AvgIpc) is 2.82. The first-order valence-corrected chi connectivity index (χ1v) is 6.30. The van der Waals surface area contributed by atoms with Crippen LogP contribution in [0.1, 0.15) is 22.6 Å². The van der Waals surface area contributed by atoms with Gasteiger partial charge < -0.3 is 14.6 Å². The molecule has 2 aromatic rings. The third-order valence-corrected chi connectivity index (χ3v) is 2.78. The summed E-state index contributed by atoms with van der Waals surface area (Å²) in [6.07, 6.45) is -4.47. The van der Waals surface area contributed by atoms with E-state index in [1.165, 1.54) is 6.07 Å². The molecule has 0 saturated carbocycles. The van der Waals surface area contributed by atoms with Gasteiger partial charge in [0.15, 0.2) is 0 Å². The fraction of sp³-hybridized carbons (Fsp3) is 0.357. The number of halogens is 3. The summed E-state index contributed by atoms with van der Waals surface area (Å²) in [4.78, 5) is 0. The van der Waals surface area contributed by atoms with Crippen molar-refractivity contribution in [1.29, 1.82) is 0 Å². The van der Waals surface area contributed by atoms with Gasteiger partial charge in [-0.05, 0) is 31.7 Å². The Bertz CT molecular complexity index is 609. The molecule has 21 heavy (non-hydrogen) atoms. The number of aromatic nitrogens is 1. The van der Waals surface area contributed by atoms with E-state index in [9.17, 15) is 13.2 Å². The number of nitrogens with zero attached hydrogens (tertiary/aromatic N) is 1. The molecular formula is C14H15F3N2O2. The zero-order valence-electron chi connectivity index (χ0n) is 11.6. The predicted molar refractivity (Wildman–Crippen MR) is 69.8 cm³/mol. The number of hydrogen-bond acceptors (Lipinski definition) is 4. The maximum Gasteiger partial charge on any atom is 0.419 e. The number of benzene rings is 1. The molecule has 1 N–H and O–H groups in total. The Balaban J connectivity index is 2.21. The second-order valence-electron chi connectivity index (χ2n) is 4.58. The molecule has 0 bridgehead atoms. The highest BCUT2D eigenvalue weighted by atomic mass is 19.4. The maximum absolute atomic E-state index is 13.1. The molecule has 1 aromatic heterocycles. The van der Waals surface area contributed by atoms with Gasteiger partial charge in [-0.25, -0.2) is 0 Å². The zero-order valence-corrected chi connectivity index (χ0v) is 11.6. The molecule has 0 aliphatic heterocycles. The third kappa shape index (κ3) is 3.98. The Labute approximate surface area is 119 Å². The molecule has 114 valence electrons. The third-order valence-electron chi connectivity index (χ3n) is 2.78. The van der Waals surface area contributed by atoms with Crippen LogP contribution in [0.2, 0.25) is 0 Å². The number of alkyl halides is 3. The van der Waals surface area contributed by atoms with E-state index in [-0.39, 0.29) is 12.4 Å². The molecule has 1 heterocycles. The Hall–Kier alpha value is -2.02. The molecule has 7 heteroatoms. The molecule has 0 atom stereocenters. The van der Waals surface area contributed by atoms with Crippen molar-refractivity contribution in [3.63, 3.8) is 0 Å². The Kier molecular flexibility index (Phi) is 4.52. The minimum absolute atomic E-state index is 0.0776. The van der Waals surface area contributed by atoms with Crippen LogP contribution in [0, 0.1) is 6.92 Å².